The van der Waals surface area contributed by atoms with Crippen molar-refractivity contribution in [1.29, 1.82) is 0 Å². The second-order valence-corrected chi connectivity index (χ2v) is 13.1. The van der Waals surface area contributed by atoms with Gasteiger partial charge < -0.3 is 14.9 Å². The zero-order valence-corrected chi connectivity index (χ0v) is 24.5. The number of likely N-dealkylation sites (N-methyl/N-ethyl adjacent to an activating group) is 2. The van der Waals surface area contributed by atoms with Crippen LogP contribution in [0.4, 0.5) is 22.0 Å². The molecule has 1 aromatic rings. The zero-order valence-electron chi connectivity index (χ0n) is 24.5. The topological polar surface area (TPSA) is 60.9 Å². The number of fused-ring (bicyclic) bond motifs is 4. The number of hydrogen-bond acceptors (Lipinski definition) is 4. The Balaban J connectivity index is 1.58. The van der Waals surface area contributed by atoms with Gasteiger partial charge in [-0.2, -0.15) is 22.0 Å². The summed E-state index contributed by atoms with van der Waals surface area (Å²) >= 11 is 0. The Morgan fingerprint density at radius 1 is 1.00 bits per heavy atom. The number of carbonyl (C=O) groups excluding carboxylic acids is 2. The SMILES string of the molecule is CN(C)CCN(C)C(=O)c1ccc([C@H]2CC3(C)[C@@H](CC[C@@]3(O)C(F)(F)C(F)(F)F)C3CCC4=CC(=O)CCC4=C32)cc1. The number of nitrogens with zero attached hydrogens (tertiary/aromatic N) is 2. The summed E-state index contributed by atoms with van der Waals surface area (Å²) in [5.74, 6) is -6.80. The minimum Gasteiger partial charge on any atom is -0.383 e. The lowest BCUT2D eigenvalue weighted by molar-refractivity contribution is -0.362. The molecule has 0 bridgehead atoms. The molecule has 2 saturated carbocycles. The summed E-state index contributed by atoms with van der Waals surface area (Å²) in [5.41, 5.74) is -0.864. The molecule has 0 heterocycles. The number of carbonyl (C=O) groups is 2. The van der Waals surface area contributed by atoms with Gasteiger partial charge in [0.1, 0.15) is 5.60 Å². The minimum absolute atomic E-state index is 0.0336. The molecule has 2 unspecified atom stereocenters. The summed E-state index contributed by atoms with van der Waals surface area (Å²) in [4.78, 5) is 28.8. The number of benzene rings is 1. The number of halogens is 5. The Kier molecular flexibility index (Phi) is 7.74. The predicted molar refractivity (Wildman–Crippen MR) is 148 cm³/mol. The Labute approximate surface area is 243 Å². The molecule has 5 nitrogen and oxygen atoms in total. The van der Waals surface area contributed by atoms with Gasteiger partial charge in [-0.25, -0.2) is 0 Å². The van der Waals surface area contributed by atoms with Crippen molar-refractivity contribution in [2.24, 2.45) is 17.3 Å². The van der Waals surface area contributed by atoms with Crippen molar-refractivity contribution in [1.82, 2.24) is 9.80 Å². The lowest BCUT2D eigenvalue weighted by Crippen LogP contribution is -2.65. The first kappa shape index (κ1) is 30.9. The van der Waals surface area contributed by atoms with Crippen LogP contribution < -0.4 is 0 Å². The average molecular weight is 595 g/mol. The standard InChI is InChI=1S/C32H39F5N2O3/c1-29-18-25(19-5-7-20(8-6-19)28(41)39(4)16-15-38(2)3)27-23-12-10-22(40)17-21(23)9-11-24(27)26(29)13-14-30(29,42)31(33,34)32(35,36)37/h5-8,17,24-26,42H,9-16,18H2,1-4H3/t24?,25-,26+,29?,30+/m1/s1. The largest absolute Gasteiger partial charge is 0.456 e. The van der Waals surface area contributed by atoms with E-state index in [1.807, 2.05) is 19.0 Å². The average Bonchev–Trinajstić information content (AvgIpc) is 3.21. The lowest BCUT2D eigenvalue weighted by atomic mass is 9.50. The van der Waals surface area contributed by atoms with Crippen molar-refractivity contribution in [2.75, 3.05) is 34.2 Å². The van der Waals surface area contributed by atoms with Crippen molar-refractivity contribution in [3.8, 4) is 0 Å². The summed E-state index contributed by atoms with van der Waals surface area (Å²) < 4.78 is 71.6. The fourth-order valence-electron chi connectivity index (χ4n) is 8.24. The van der Waals surface area contributed by atoms with Gasteiger partial charge in [-0.05, 0) is 99.4 Å². The van der Waals surface area contributed by atoms with Crippen molar-refractivity contribution >= 4 is 11.7 Å². The number of hydrogen-bond donors (Lipinski definition) is 1. The van der Waals surface area contributed by atoms with Crippen LogP contribution in [0.15, 0.2) is 47.1 Å². The molecule has 10 heteroatoms. The predicted octanol–water partition coefficient (Wildman–Crippen LogP) is 6.15. The molecule has 5 atom stereocenters. The summed E-state index contributed by atoms with van der Waals surface area (Å²) in [5, 5.41) is 11.4. The second kappa shape index (κ2) is 10.5. The number of allylic oxidation sites excluding steroid dienone is 4. The van der Waals surface area contributed by atoms with E-state index in [1.165, 1.54) is 6.92 Å². The van der Waals surface area contributed by atoms with Gasteiger partial charge in [-0.1, -0.05) is 24.6 Å². The lowest BCUT2D eigenvalue weighted by Gasteiger charge is -2.56. The normalized spacial score (nSPS) is 31.5. The minimum atomic E-state index is -5.89. The highest BCUT2D eigenvalue weighted by molar-refractivity contribution is 5.94. The molecular weight excluding hydrogens is 555 g/mol. The van der Waals surface area contributed by atoms with Crippen LogP contribution in [0, 0.1) is 17.3 Å². The number of aliphatic hydroxyl groups is 1. The van der Waals surface area contributed by atoms with Crippen molar-refractivity contribution < 1.29 is 36.6 Å². The molecule has 0 spiro atoms. The van der Waals surface area contributed by atoms with Gasteiger partial charge in [0.05, 0.1) is 0 Å². The molecule has 0 aromatic heterocycles. The van der Waals surface area contributed by atoms with E-state index in [2.05, 4.69) is 0 Å². The first-order chi connectivity index (χ1) is 19.5. The van der Waals surface area contributed by atoms with Crippen LogP contribution in [0.1, 0.15) is 73.7 Å². The monoisotopic (exact) mass is 594 g/mol. The quantitative estimate of drug-likeness (QED) is 0.402. The van der Waals surface area contributed by atoms with Gasteiger partial charge in [-0.15, -0.1) is 0 Å². The molecule has 1 amide bonds. The first-order valence-corrected chi connectivity index (χ1v) is 14.7. The van der Waals surface area contributed by atoms with Crippen LogP contribution in [0.2, 0.25) is 0 Å². The van der Waals surface area contributed by atoms with E-state index in [1.54, 1.807) is 42.3 Å². The second-order valence-electron chi connectivity index (χ2n) is 13.1. The molecule has 4 aliphatic rings. The van der Waals surface area contributed by atoms with E-state index < -0.39 is 41.4 Å². The third-order valence-electron chi connectivity index (χ3n) is 10.6. The molecule has 0 saturated heterocycles. The number of alkyl halides is 5. The zero-order chi connectivity index (χ0) is 30.8. The van der Waals surface area contributed by atoms with Crippen LogP contribution in [-0.2, 0) is 4.79 Å². The van der Waals surface area contributed by atoms with E-state index in [9.17, 15) is 27.9 Å². The fourth-order valence-corrected chi connectivity index (χ4v) is 8.24. The van der Waals surface area contributed by atoms with Crippen LogP contribution in [0.25, 0.3) is 0 Å². The maximum absolute atomic E-state index is 15.2. The maximum Gasteiger partial charge on any atom is 0.456 e. The Morgan fingerprint density at radius 3 is 2.29 bits per heavy atom. The Hall–Kier alpha value is -2.59. The molecule has 0 radical (unpaired) electrons. The van der Waals surface area contributed by atoms with Crippen LogP contribution in [0.5, 0.6) is 0 Å². The molecule has 2 fully saturated rings. The highest BCUT2D eigenvalue weighted by Gasteiger charge is 2.79. The molecule has 230 valence electrons. The fraction of sp³-hybridized carbons (Fsp3) is 0.625. The first-order valence-electron chi connectivity index (χ1n) is 14.7. The number of rotatable bonds is 6. The summed E-state index contributed by atoms with van der Waals surface area (Å²) in [6, 6.07) is 6.86. The third-order valence-corrected chi connectivity index (χ3v) is 10.6. The summed E-state index contributed by atoms with van der Waals surface area (Å²) in [6.45, 7) is 2.62. The van der Waals surface area contributed by atoms with Gasteiger partial charge in [0.2, 0.25) is 0 Å². The molecule has 42 heavy (non-hydrogen) atoms. The van der Waals surface area contributed by atoms with Gasteiger partial charge in [0.25, 0.3) is 5.91 Å². The van der Waals surface area contributed by atoms with Crippen molar-refractivity contribution in [3.05, 3.63) is 58.2 Å². The highest BCUT2D eigenvalue weighted by Crippen LogP contribution is 2.70. The van der Waals surface area contributed by atoms with Crippen LogP contribution in [-0.4, -0.2) is 78.5 Å². The van der Waals surface area contributed by atoms with E-state index in [0.29, 0.717) is 49.9 Å². The Morgan fingerprint density at radius 2 is 1.67 bits per heavy atom. The van der Waals surface area contributed by atoms with Crippen molar-refractivity contribution in [2.45, 2.75) is 75.5 Å². The van der Waals surface area contributed by atoms with Gasteiger partial charge in [0, 0.05) is 43.5 Å². The molecule has 5 rings (SSSR count). The van der Waals surface area contributed by atoms with Gasteiger partial charge >= 0.3 is 12.1 Å². The number of ketones is 1. The van der Waals surface area contributed by atoms with Gasteiger partial charge in [0.15, 0.2) is 5.78 Å². The third kappa shape index (κ3) is 4.73. The molecule has 1 aromatic carbocycles. The molecular formula is C32H39F5N2O3. The van der Waals surface area contributed by atoms with E-state index in [-0.39, 0.29) is 30.4 Å². The molecule has 0 aliphatic heterocycles. The maximum atomic E-state index is 15.2. The Bertz CT molecular complexity index is 1320. The van der Waals surface area contributed by atoms with Crippen LogP contribution >= 0.6 is 0 Å². The molecule has 4 aliphatic carbocycles. The van der Waals surface area contributed by atoms with Crippen LogP contribution in [0.3, 0.4) is 0 Å². The summed E-state index contributed by atoms with van der Waals surface area (Å²) in [6.07, 6.45) is -2.99. The number of amides is 1. The van der Waals surface area contributed by atoms with E-state index in [0.717, 1.165) is 16.7 Å². The highest BCUT2D eigenvalue weighted by atomic mass is 19.4. The van der Waals surface area contributed by atoms with Crippen molar-refractivity contribution in [3.63, 3.8) is 0 Å². The molecule has 1 N–H and O–H groups in total. The van der Waals surface area contributed by atoms with E-state index in [4.69, 9.17) is 0 Å². The summed E-state index contributed by atoms with van der Waals surface area (Å²) in [7, 11) is 5.53. The van der Waals surface area contributed by atoms with E-state index >= 15 is 8.78 Å². The van der Waals surface area contributed by atoms with Gasteiger partial charge in [-0.3, -0.25) is 9.59 Å². The smallest absolute Gasteiger partial charge is 0.383 e.